The standard InChI is InChI=1S/C45H36Cl2F3N3O2S2/c1-25-8-10-29(28-18-20-51-21-19-28)22-30(25)24-53(45(55)42-38(46)36-26(2)9-15-34(49)40(36)56-42)32-13-11-31(12-14-32)52(23-27-6-4-3-5-7-27)44(54)43-39(47)37-33(48)16-17-35(50)41(37)57-43/h3-10,15-22,31-32H,11-14,23-24H2,1-2H3/t31-,32-. The fraction of sp³-hybridized carbons (Fsp3) is 0.222. The van der Waals surface area contributed by atoms with Crippen molar-refractivity contribution in [2.24, 2.45) is 0 Å². The molecule has 290 valence electrons. The fourth-order valence-electron chi connectivity index (χ4n) is 7.87. The summed E-state index contributed by atoms with van der Waals surface area (Å²) in [5.41, 5.74) is 5.63. The van der Waals surface area contributed by atoms with Crippen molar-refractivity contribution in [1.29, 1.82) is 0 Å². The Labute approximate surface area is 346 Å². The minimum Gasteiger partial charge on any atom is -0.331 e. The van der Waals surface area contributed by atoms with Crippen molar-refractivity contribution in [2.75, 3.05) is 0 Å². The lowest BCUT2D eigenvalue weighted by Gasteiger charge is -2.41. The smallest absolute Gasteiger partial charge is 0.266 e. The van der Waals surface area contributed by atoms with E-state index in [9.17, 15) is 18.4 Å². The van der Waals surface area contributed by atoms with E-state index in [1.54, 1.807) is 23.4 Å². The van der Waals surface area contributed by atoms with Crippen LogP contribution in [0.2, 0.25) is 10.0 Å². The predicted octanol–water partition coefficient (Wildman–Crippen LogP) is 12.8. The summed E-state index contributed by atoms with van der Waals surface area (Å²) in [5.74, 6) is -2.45. The lowest BCUT2D eigenvalue weighted by molar-refractivity contribution is 0.0461. The molecule has 4 aromatic carbocycles. The Hall–Kier alpha value is -4.74. The van der Waals surface area contributed by atoms with E-state index in [2.05, 4.69) is 11.1 Å². The number of thiophene rings is 2. The van der Waals surface area contributed by atoms with Crippen molar-refractivity contribution in [3.05, 3.63) is 157 Å². The monoisotopic (exact) mass is 841 g/mol. The molecule has 8 rings (SSSR count). The van der Waals surface area contributed by atoms with Crippen LogP contribution in [0.1, 0.15) is 67.3 Å². The number of carbonyl (C=O) groups excluding carboxylic acids is 2. The van der Waals surface area contributed by atoms with Crippen molar-refractivity contribution in [2.45, 2.75) is 64.7 Å². The van der Waals surface area contributed by atoms with Crippen LogP contribution in [0.5, 0.6) is 0 Å². The van der Waals surface area contributed by atoms with Crippen LogP contribution in [0.4, 0.5) is 13.2 Å². The Morgan fingerprint density at radius 3 is 1.77 bits per heavy atom. The quantitative estimate of drug-likeness (QED) is 0.145. The number of aromatic nitrogens is 1. The molecule has 0 N–H and O–H groups in total. The molecule has 3 aromatic heterocycles. The Morgan fingerprint density at radius 2 is 1.18 bits per heavy atom. The molecular formula is C45H36Cl2F3N3O2S2. The van der Waals surface area contributed by atoms with E-state index in [-0.39, 0.29) is 61.0 Å². The van der Waals surface area contributed by atoms with Crippen molar-refractivity contribution in [3.63, 3.8) is 0 Å². The van der Waals surface area contributed by atoms with Gasteiger partial charge in [-0.3, -0.25) is 14.6 Å². The highest BCUT2D eigenvalue weighted by Gasteiger charge is 2.37. The zero-order valence-electron chi connectivity index (χ0n) is 31.0. The average molecular weight is 843 g/mol. The first-order chi connectivity index (χ1) is 27.5. The normalized spacial score (nSPS) is 15.6. The maximum atomic E-state index is 15.1. The maximum Gasteiger partial charge on any atom is 0.266 e. The van der Waals surface area contributed by atoms with Crippen LogP contribution < -0.4 is 0 Å². The van der Waals surface area contributed by atoms with E-state index >= 15 is 4.39 Å². The zero-order valence-corrected chi connectivity index (χ0v) is 34.1. The minimum atomic E-state index is -0.690. The van der Waals surface area contributed by atoms with E-state index in [1.165, 1.54) is 6.07 Å². The highest BCUT2D eigenvalue weighted by molar-refractivity contribution is 7.22. The molecule has 1 aliphatic carbocycles. The second-order valence-electron chi connectivity index (χ2n) is 14.5. The van der Waals surface area contributed by atoms with E-state index in [1.807, 2.05) is 73.3 Å². The van der Waals surface area contributed by atoms with Crippen LogP contribution in [0.3, 0.4) is 0 Å². The van der Waals surface area contributed by atoms with Crippen molar-refractivity contribution >= 4 is 77.9 Å². The molecule has 0 spiro atoms. The number of rotatable bonds is 9. The SMILES string of the molecule is Cc1ccc(-c2ccncc2)cc1CN(C(=O)c1sc2c(F)ccc(C)c2c1Cl)[C@H]1CC[C@H](N(Cc2ccccc2)C(=O)c2sc3c(F)ccc(F)c3c2Cl)CC1. The molecular weight excluding hydrogens is 807 g/mol. The number of pyridine rings is 1. The third-order valence-corrected chi connectivity index (χ3v) is 14.3. The van der Waals surface area contributed by atoms with Gasteiger partial charge in [-0.25, -0.2) is 13.2 Å². The number of benzene rings is 4. The van der Waals surface area contributed by atoms with Crippen LogP contribution in [0.25, 0.3) is 31.3 Å². The molecule has 12 heteroatoms. The number of hydrogen-bond donors (Lipinski definition) is 0. The topological polar surface area (TPSA) is 53.5 Å². The summed E-state index contributed by atoms with van der Waals surface area (Å²) in [4.78, 5) is 37.4. The second-order valence-corrected chi connectivity index (χ2v) is 17.3. The van der Waals surface area contributed by atoms with Gasteiger partial charge in [0.05, 0.1) is 24.8 Å². The molecule has 2 amide bonds. The third-order valence-electron chi connectivity index (χ3n) is 11.0. The first-order valence-electron chi connectivity index (χ1n) is 18.6. The van der Waals surface area contributed by atoms with Crippen LogP contribution in [-0.2, 0) is 13.1 Å². The van der Waals surface area contributed by atoms with E-state index < -0.39 is 23.4 Å². The number of amides is 2. The Morgan fingerprint density at radius 1 is 0.649 bits per heavy atom. The number of nitrogens with zero attached hydrogens (tertiary/aromatic N) is 3. The largest absolute Gasteiger partial charge is 0.331 e. The van der Waals surface area contributed by atoms with Crippen LogP contribution in [0, 0.1) is 31.3 Å². The summed E-state index contributed by atoms with van der Waals surface area (Å²) >= 11 is 15.5. The van der Waals surface area contributed by atoms with Gasteiger partial charge < -0.3 is 9.80 Å². The van der Waals surface area contributed by atoms with E-state index in [0.717, 1.165) is 68.2 Å². The molecule has 57 heavy (non-hydrogen) atoms. The third kappa shape index (κ3) is 7.56. The summed E-state index contributed by atoms with van der Waals surface area (Å²) in [7, 11) is 0. The van der Waals surface area contributed by atoms with Gasteiger partial charge in [-0.2, -0.15) is 0 Å². The van der Waals surface area contributed by atoms with Crippen molar-refractivity contribution in [1.82, 2.24) is 14.8 Å². The zero-order chi connectivity index (χ0) is 40.0. The van der Waals surface area contributed by atoms with Gasteiger partial charge in [0.25, 0.3) is 11.8 Å². The predicted molar refractivity (Wildman–Crippen MR) is 225 cm³/mol. The molecule has 0 aliphatic heterocycles. The summed E-state index contributed by atoms with van der Waals surface area (Å²) in [6.07, 6.45) is 5.68. The number of halogens is 5. The van der Waals surface area contributed by atoms with Gasteiger partial charge in [0.1, 0.15) is 27.2 Å². The molecule has 7 aromatic rings. The summed E-state index contributed by atoms with van der Waals surface area (Å²) in [5, 5.41) is 0.586. The van der Waals surface area contributed by atoms with Crippen LogP contribution >= 0.6 is 45.9 Å². The average Bonchev–Trinajstić information content (AvgIpc) is 3.78. The molecule has 5 nitrogen and oxygen atoms in total. The van der Waals surface area contributed by atoms with Crippen molar-refractivity contribution in [3.8, 4) is 11.1 Å². The molecule has 1 aliphatic rings. The van der Waals surface area contributed by atoms with Gasteiger partial charge >= 0.3 is 0 Å². The molecule has 0 saturated heterocycles. The summed E-state index contributed by atoms with van der Waals surface area (Å²) in [6.45, 7) is 4.41. The number of carbonyl (C=O) groups is 2. The Balaban J connectivity index is 1.13. The van der Waals surface area contributed by atoms with Gasteiger partial charge in [-0.1, -0.05) is 71.7 Å². The first-order valence-corrected chi connectivity index (χ1v) is 21.0. The highest BCUT2D eigenvalue weighted by atomic mass is 35.5. The maximum absolute atomic E-state index is 15.1. The summed E-state index contributed by atoms with van der Waals surface area (Å²) < 4.78 is 45.2. The number of aryl methyl sites for hydroxylation is 2. The molecule has 0 atom stereocenters. The molecule has 0 unspecified atom stereocenters. The molecule has 1 fully saturated rings. The van der Waals surface area contributed by atoms with Crippen molar-refractivity contribution < 1.29 is 22.8 Å². The lowest BCUT2D eigenvalue weighted by Crippen LogP contribution is -2.47. The van der Waals surface area contributed by atoms with Crippen LogP contribution in [-0.4, -0.2) is 38.7 Å². The van der Waals surface area contributed by atoms with E-state index in [4.69, 9.17) is 23.2 Å². The summed E-state index contributed by atoms with van der Waals surface area (Å²) in [6, 6.07) is 24.2. The molecule has 3 heterocycles. The first kappa shape index (κ1) is 39.1. The number of hydrogen-bond acceptors (Lipinski definition) is 5. The highest BCUT2D eigenvalue weighted by Crippen LogP contribution is 2.43. The molecule has 0 bridgehead atoms. The van der Waals surface area contributed by atoms with E-state index in [0.29, 0.717) is 35.8 Å². The van der Waals surface area contributed by atoms with Gasteiger partial charge in [-0.05, 0) is 109 Å². The second kappa shape index (κ2) is 16.3. The molecule has 1 saturated carbocycles. The van der Waals surface area contributed by atoms with Crippen LogP contribution in [0.15, 0.2) is 97.3 Å². The minimum absolute atomic E-state index is 0.000795. The van der Waals surface area contributed by atoms with Gasteiger partial charge in [0, 0.05) is 43.0 Å². The van der Waals surface area contributed by atoms with Gasteiger partial charge in [0.2, 0.25) is 0 Å². The van der Waals surface area contributed by atoms with Gasteiger partial charge in [-0.15, -0.1) is 22.7 Å². The lowest BCUT2D eigenvalue weighted by atomic mass is 9.88. The Bertz CT molecular complexity index is 2640. The molecule has 0 radical (unpaired) electrons. The van der Waals surface area contributed by atoms with Gasteiger partial charge in [0.15, 0.2) is 0 Å². The fourth-order valence-corrected chi connectivity index (χ4v) is 11.0. The Kier molecular flexibility index (Phi) is 11.1. The number of fused-ring (bicyclic) bond motifs is 2.